The maximum Gasteiger partial charge on any atom is 0.258 e. The molecule has 0 aliphatic carbocycles. The molecule has 0 unspecified atom stereocenters. The number of carbonyl (C=O) groups excluding carboxylic acids is 2. The van der Waals surface area contributed by atoms with E-state index in [1.807, 2.05) is 42.5 Å². The predicted octanol–water partition coefficient (Wildman–Crippen LogP) is 5.39. The topological polar surface area (TPSA) is 61.4 Å². The van der Waals surface area contributed by atoms with Crippen LogP contribution in [0, 0.1) is 0 Å². The SMILES string of the molecule is CN(C(=O)c1ccc(NC(=S)NC(=O)c2ccc(C(C)(C)C)cc2)cc1)c1ccccc1. The van der Waals surface area contributed by atoms with E-state index in [4.69, 9.17) is 12.2 Å². The quantitative estimate of drug-likeness (QED) is 0.529. The molecule has 0 saturated heterocycles. The van der Waals surface area contributed by atoms with Crippen LogP contribution in [0.3, 0.4) is 0 Å². The molecule has 0 aromatic heterocycles. The van der Waals surface area contributed by atoms with E-state index in [-0.39, 0.29) is 22.3 Å². The van der Waals surface area contributed by atoms with E-state index in [2.05, 4.69) is 31.4 Å². The van der Waals surface area contributed by atoms with Gasteiger partial charge in [0.15, 0.2) is 5.11 Å². The average molecular weight is 446 g/mol. The molecule has 3 aromatic carbocycles. The zero-order valence-electron chi connectivity index (χ0n) is 18.7. The van der Waals surface area contributed by atoms with Crippen molar-refractivity contribution in [2.75, 3.05) is 17.3 Å². The van der Waals surface area contributed by atoms with E-state index in [0.29, 0.717) is 16.8 Å². The molecule has 0 bridgehead atoms. The molecule has 0 aliphatic rings. The van der Waals surface area contributed by atoms with Gasteiger partial charge in [-0.15, -0.1) is 0 Å². The molecule has 2 N–H and O–H groups in total. The molecule has 0 aliphatic heterocycles. The van der Waals surface area contributed by atoms with Crippen LogP contribution < -0.4 is 15.5 Å². The molecule has 0 radical (unpaired) electrons. The zero-order valence-corrected chi connectivity index (χ0v) is 19.5. The predicted molar refractivity (Wildman–Crippen MR) is 134 cm³/mol. The van der Waals surface area contributed by atoms with Gasteiger partial charge in [0, 0.05) is 29.5 Å². The Hall–Kier alpha value is -3.51. The summed E-state index contributed by atoms with van der Waals surface area (Å²) in [5, 5.41) is 5.86. The highest BCUT2D eigenvalue weighted by molar-refractivity contribution is 7.80. The van der Waals surface area contributed by atoms with Crippen LogP contribution in [0.2, 0.25) is 0 Å². The van der Waals surface area contributed by atoms with E-state index < -0.39 is 0 Å². The first-order chi connectivity index (χ1) is 15.1. The van der Waals surface area contributed by atoms with Gasteiger partial charge in [-0.1, -0.05) is 51.1 Å². The van der Waals surface area contributed by atoms with Crippen molar-refractivity contribution < 1.29 is 9.59 Å². The smallest absolute Gasteiger partial charge is 0.258 e. The van der Waals surface area contributed by atoms with E-state index in [0.717, 1.165) is 11.3 Å². The van der Waals surface area contributed by atoms with Crippen molar-refractivity contribution in [3.05, 3.63) is 95.6 Å². The van der Waals surface area contributed by atoms with Crippen LogP contribution in [-0.2, 0) is 5.41 Å². The molecular weight excluding hydrogens is 418 g/mol. The minimum absolute atomic E-state index is 0.0231. The van der Waals surface area contributed by atoms with Gasteiger partial charge in [-0.25, -0.2) is 0 Å². The number of carbonyl (C=O) groups is 2. The summed E-state index contributed by atoms with van der Waals surface area (Å²) in [6, 6.07) is 23.9. The molecular formula is C26H27N3O2S. The Balaban J connectivity index is 1.58. The summed E-state index contributed by atoms with van der Waals surface area (Å²) in [7, 11) is 1.74. The lowest BCUT2D eigenvalue weighted by atomic mass is 9.87. The Morgan fingerprint density at radius 2 is 1.38 bits per heavy atom. The third kappa shape index (κ3) is 5.80. The normalized spacial score (nSPS) is 10.9. The fraction of sp³-hybridized carbons (Fsp3) is 0.192. The van der Waals surface area contributed by atoms with Gasteiger partial charge >= 0.3 is 0 Å². The minimum Gasteiger partial charge on any atom is -0.332 e. The van der Waals surface area contributed by atoms with Crippen molar-refractivity contribution >= 4 is 40.5 Å². The summed E-state index contributed by atoms with van der Waals surface area (Å²) in [4.78, 5) is 26.8. The first kappa shape index (κ1) is 23.2. The molecule has 3 rings (SSSR count). The van der Waals surface area contributed by atoms with E-state index in [1.54, 1.807) is 48.3 Å². The molecule has 6 heteroatoms. The maximum absolute atomic E-state index is 12.7. The summed E-state index contributed by atoms with van der Waals surface area (Å²) in [6.07, 6.45) is 0. The Kier molecular flexibility index (Phi) is 7.05. The number of nitrogens with zero attached hydrogens (tertiary/aromatic N) is 1. The summed E-state index contributed by atoms with van der Waals surface area (Å²) < 4.78 is 0. The van der Waals surface area contributed by atoms with Gasteiger partial charge in [-0.2, -0.15) is 0 Å². The number of rotatable bonds is 4. The minimum atomic E-state index is -0.278. The largest absolute Gasteiger partial charge is 0.332 e. The summed E-state index contributed by atoms with van der Waals surface area (Å²) >= 11 is 5.27. The Labute approximate surface area is 194 Å². The molecule has 5 nitrogen and oxygen atoms in total. The third-order valence-corrected chi connectivity index (χ3v) is 5.28. The van der Waals surface area contributed by atoms with Crippen LogP contribution in [-0.4, -0.2) is 24.0 Å². The van der Waals surface area contributed by atoms with Crippen molar-refractivity contribution in [2.45, 2.75) is 26.2 Å². The monoisotopic (exact) mass is 445 g/mol. The second kappa shape index (κ2) is 9.75. The zero-order chi connectivity index (χ0) is 23.3. The molecule has 0 spiro atoms. The molecule has 32 heavy (non-hydrogen) atoms. The number of anilines is 2. The highest BCUT2D eigenvalue weighted by Gasteiger charge is 2.15. The van der Waals surface area contributed by atoms with Gasteiger partial charge in [0.1, 0.15) is 0 Å². The number of para-hydroxylation sites is 1. The fourth-order valence-electron chi connectivity index (χ4n) is 3.12. The van der Waals surface area contributed by atoms with Gasteiger partial charge in [0.05, 0.1) is 0 Å². The highest BCUT2D eigenvalue weighted by atomic mass is 32.1. The van der Waals surface area contributed by atoms with Crippen molar-refractivity contribution in [1.29, 1.82) is 0 Å². The molecule has 2 amide bonds. The van der Waals surface area contributed by atoms with Crippen LogP contribution in [0.4, 0.5) is 11.4 Å². The Morgan fingerprint density at radius 1 is 0.812 bits per heavy atom. The summed E-state index contributed by atoms with van der Waals surface area (Å²) in [5.74, 6) is -0.392. The van der Waals surface area contributed by atoms with Crippen molar-refractivity contribution in [3.63, 3.8) is 0 Å². The van der Waals surface area contributed by atoms with Crippen LogP contribution >= 0.6 is 12.2 Å². The third-order valence-electron chi connectivity index (χ3n) is 5.08. The highest BCUT2D eigenvalue weighted by Crippen LogP contribution is 2.22. The summed E-state index contributed by atoms with van der Waals surface area (Å²) in [6.45, 7) is 6.37. The Bertz CT molecular complexity index is 1100. The van der Waals surface area contributed by atoms with Gasteiger partial charge in [-0.05, 0) is 71.7 Å². The first-order valence-electron chi connectivity index (χ1n) is 10.3. The first-order valence-corrected chi connectivity index (χ1v) is 10.7. The number of thiocarbonyl (C=S) groups is 1. The number of hydrogen-bond acceptors (Lipinski definition) is 3. The van der Waals surface area contributed by atoms with Crippen molar-refractivity contribution in [2.24, 2.45) is 0 Å². The second-order valence-electron chi connectivity index (χ2n) is 8.51. The summed E-state index contributed by atoms with van der Waals surface area (Å²) in [5.41, 5.74) is 3.76. The van der Waals surface area contributed by atoms with E-state index in [9.17, 15) is 9.59 Å². The molecule has 0 atom stereocenters. The molecule has 0 saturated carbocycles. The van der Waals surface area contributed by atoms with Crippen LogP contribution in [0.5, 0.6) is 0 Å². The van der Waals surface area contributed by atoms with Gasteiger partial charge in [-0.3, -0.25) is 14.9 Å². The van der Waals surface area contributed by atoms with Crippen molar-refractivity contribution in [1.82, 2.24) is 5.32 Å². The number of benzene rings is 3. The fourth-order valence-corrected chi connectivity index (χ4v) is 3.33. The van der Waals surface area contributed by atoms with Gasteiger partial charge < -0.3 is 10.2 Å². The maximum atomic E-state index is 12.7. The lowest BCUT2D eigenvalue weighted by Gasteiger charge is -2.19. The van der Waals surface area contributed by atoms with Crippen LogP contribution in [0.1, 0.15) is 47.1 Å². The number of amides is 2. The van der Waals surface area contributed by atoms with Gasteiger partial charge in [0.25, 0.3) is 11.8 Å². The lowest BCUT2D eigenvalue weighted by molar-refractivity contribution is 0.0974. The Morgan fingerprint density at radius 3 is 1.94 bits per heavy atom. The number of hydrogen-bond donors (Lipinski definition) is 2. The molecule has 3 aromatic rings. The van der Waals surface area contributed by atoms with Crippen LogP contribution in [0.15, 0.2) is 78.9 Å². The second-order valence-corrected chi connectivity index (χ2v) is 8.92. The average Bonchev–Trinajstić information content (AvgIpc) is 2.78. The van der Waals surface area contributed by atoms with Crippen LogP contribution in [0.25, 0.3) is 0 Å². The van der Waals surface area contributed by atoms with Gasteiger partial charge in [0.2, 0.25) is 0 Å². The number of nitrogens with one attached hydrogen (secondary N) is 2. The van der Waals surface area contributed by atoms with E-state index in [1.165, 1.54) is 0 Å². The molecule has 0 heterocycles. The lowest BCUT2D eigenvalue weighted by Crippen LogP contribution is -2.34. The molecule has 0 fully saturated rings. The van der Waals surface area contributed by atoms with Crippen molar-refractivity contribution in [3.8, 4) is 0 Å². The molecule has 164 valence electrons. The van der Waals surface area contributed by atoms with E-state index >= 15 is 0 Å². The standard InChI is InChI=1S/C26H27N3O2S/c1-26(2,3)20-14-10-18(11-15-20)23(30)28-25(32)27-21-16-12-19(13-17-21)24(31)29(4)22-8-6-5-7-9-22/h5-17H,1-4H3,(H2,27,28,30,32).